The third-order valence-corrected chi connectivity index (χ3v) is 5.11. The Morgan fingerprint density at radius 1 is 1.11 bits per heavy atom. The first kappa shape index (κ1) is 16.9. The Kier molecular flexibility index (Phi) is 3.86. The number of H-pyrrole nitrogens is 1. The predicted molar refractivity (Wildman–Crippen MR) is 104 cm³/mol. The molecule has 4 aromatic heterocycles. The highest BCUT2D eigenvalue weighted by atomic mass is 16.5. The lowest BCUT2D eigenvalue weighted by atomic mass is 10.2. The summed E-state index contributed by atoms with van der Waals surface area (Å²) in [5, 5.41) is 16.1. The van der Waals surface area contributed by atoms with Gasteiger partial charge in [-0.1, -0.05) is 0 Å². The predicted octanol–water partition coefficient (Wildman–Crippen LogP) is 1.38. The van der Waals surface area contributed by atoms with E-state index in [1.807, 2.05) is 35.6 Å². The van der Waals surface area contributed by atoms with Gasteiger partial charge >= 0.3 is 0 Å². The van der Waals surface area contributed by atoms with Crippen LogP contribution in [0.3, 0.4) is 0 Å². The maximum absolute atomic E-state index is 5.59. The van der Waals surface area contributed by atoms with Crippen molar-refractivity contribution in [3.05, 3.63) is 24.5 Å². The monoisotopic (exact) mass is 379 g/mol. The molecule has 0 aliphatic carbocycles. The Hall–Kier alpha value is -3.27. The minimum atomic E-state index is 0.192. The molecule has 0 unspecified atom stereocenters. The number of fused-ring (bicyclic) bond motifs is 1. The molecule has 4 aromatic rings. The number of aromatic nitrogens is 8. The molecule has 1 atom stereocenters. The molecule has 0 bridgehead atoms. The summed E-state index contributed by atoms with van der Waals surface area (Å²) in [6.45, 7) is 4.18. The molecule has 144 valence electrons. The largest absolute Gasteiger partial charge is 0.377 e. The second-order valence-electron chi connectivity index (χ2n) is 6.97. The van der Waals surface area contributed by atoms with Gasteiger partial charge in [-0.2, -0.15) is 15.3 Å². The van der Waals surface area contributed by atoms with Gasteiger partial charge in [0.2, 0.25) is 5.95 Å². The number of hydrogen-bond donors (Lipinski definition) is 1. The number of nitrogens with zero attached hydrogens (tertiary/aromatic N) is 8. The van der Waals surface area contributed by atoms with Crippen LogP contribution in [0.4, 0.5) is 5.95 Å². The Balaban J connectivity index is 1.80. The highest BCUT2D eigenvalue weighted by Gasteiger charge is 2.26. The van der Waals surface area contributed by atoms with Gasteiger partial charge in [-0.3, -0.25) is 14.5 Å². The smallest absolute Gasteiger partial charge is 0.227 e. The highest BCUT2D eigenvalue weighted by molar-refractivity contribution is 5.97. The topological polar surface area (TPSA) is 103 Å². The second kappa shape index (κ2) is 6.41. The second-order valence-corrected chi connectivity index (χ2v) is 6.97. The molecular weight excluding hydrogens is 358 g/mol. The van der Waals surface area contributed by atoms with Crippen molar-refractivity contribution in [2.45, 2.75) is 13.0 Å². The van der Waals surface area contributed by atoms with Crippen LogP contribution >= 0.6 is 0 Å². The summed E-state index contributed by atoms with van der Waals surface area (Å²) < 4.78 is 9.22. The van der Waals surface area contributed by atoms with Crippen molar-refractivity contribution in [1.82, 2.24) is 39.7 Å². The first-order chi connectivity index (χ1) is 13.6. The van der Waals surface area contributed by atoms with Gasteiger partial charge in [-0.05, 0) is 19.1 Å². The highest BCUT2D eigenvalue weighted by Crippen LogP contribution is 2.33. The van der Waals surface area contributed by atoms with Crippen molar-refractivity contribution in [2.24, 2.45) is 14.1 Å². The fourth-order valence-corrected chi connectivity index (χ4v) is 3.67. The minimum absolute atomic E-state index is 0.192. The van der Waals surface area contributed by atoms with E-state index in [-0.39, 0.29) is 6.04 Å². The van der Waals surface area contributed by atoms with E-state index >= 15 is 0 Å². The molecule has 5 rings (SSSR count). The van der Waals surface area contributed by atoms with Crippen molar-refractivity contribution < 1.29 is 4.74 Å². The zero-order valence-corrected chi connectivity index (χ0v) is 16.0. The number of hydrogen-bond acceptors (Lipinski definition) is 7. The van der Waals surface area contributed by atoms with Gasteiger partial charge in [0.05, 0.1) is 30.6 Å². The minimum Gasteiger partial charge on any atom is -0.377 e. The van der Waals surface area contributed by atoms with Gasteiger partial charge in [0.15, 0.2) is 0 Å². The van der Waals surface area contributed by atoms with E-state index in [0.717, 1.165) is 40.4 Å². The molecular formula is C18H21N9O. The lowest BCUT2D eigenvalue weighted by Gasteiger charge is -2.33. The molecule has 5 heterocycles. The van der Waals surface area contributed by atoms with E-state index in [9.17, 15) is 0 Å². The first-order valence-electron chi connectivity index (χ1n) is 9.20. The van der Waals surface area contributed by atoms with Crippen LogP contribution < -0.4 is 4.90 Å². The maximum Gasteiger partial charge on any atom is 0.227 e. The van der Waals surface area contributed by atoms with E-state index in [1.54, 1.807) is 12.4 Å². The normalized spacial score (nSPS) is 17.5. The summed E-state index contributed by atoms with van der Waals surface area (Å²) in [5.74, 6) is 0.674. The summed E-state index contributed by atoms with van der Waals surface area (Å²) in [5.41, 5.74) is 4.93. The molecule has 0 aromatic carbocycles. The van der Waals surface area contributed by atoms with Crippen LogP contribution in [0.15, 0.2) is 24.5 Å². The Labute approximate surface area is 161 Å². The number of rotatable bonds is 3. The first-order valence-corrected chi connectivity index (χ1v) is 9.20. The number of aryl methyl sites for hydroxylation is 2. The van der Waals surface area contributed by atoms with Crippen LogP contribution in [0.2, 0.25) is 0 Å². The van der Waals surface area contributed by atoms with E-state index in [2.05, 4.69) is 27.1 Å². The zero-order chi connectivity index (χ0) is 19.3. The molecule has 1 fully saturated rings. The van der Waals surface area contributed by atoms with E-state index < -0.39 is 0 Å². The third kappa shape index (κ3) is 2.56. The van der Waals surface area contributed by atoms with Gasteiger partial charge in [-0.25, -0.2) is 9.97 Å². The molecule has 0 radical (unpaired) electrons. The number of aromatic amines is 1. The molecule has 1 aliphatic heterocycles. The number of anilines is 1. The van der Waals surface area contributed by atoms with Gasteiger partial charge in [0, 0.05) is 33.0 Å². The summed E-state index contributed by atoms with van der Waals surface area (Å²) in [7, 11) is 3.81. The van der Waals surface area contributed by atoms with Gasteiger partial charge in [0.25, 0.3) is 0 Å². The Morgan fingerprint density at radius 2 is 2.00 bits per heavy atom. The average molecular weight is 379 g/mol. The van der Waals surface area contributed by atoms with E-state index in [1.165, 1.54) is 0 Å². The van der Waals surface area contributed by atoms with Gasteiger partial charge in [0.1, 0.15) is 22.4 Å². The lowest BCUT2D eigenvalue weighted by molar-refractivity contribution is 0.0981. The van der Waals surface area contributed by atoms with Crippen molar-refractivity contribution in [2.75, 3.05) is 24.7 Å². The molecule has 10 nitrogen and oxygen atoms in total. The molecule has 0 saturated carbocycles. The molecule has 28 heavy (non-hydrogen) atoms. The van der Waals surface area contributed by atoms with Crippen LogP contribution in [0.25, 0.3) is 33.8 Å². The SMILES string of the molecule is C[C@@H]1COCCN1c1nc(-c2ccnn2C)c2c(n1)c(-c1ccn[nH]1)nn2C. The molecule has 1 aliphatic rings. The number of morpholine rings is 1. The van der Waals surface area contributed by atoms with Crippen LogP contribution in [-0.2, 0) is 18.8 Å². The van der Waals surface area contributed by atoms with Crippen LogP contribution in [0, 0.1) is 0 Å². The summed E-state index contributed by atoms with van der Waals surface area (Å²) in [6, 6.07) is 4.04. The van der Waals surface area contributed by atoms with E-state index in [0.29, 0.717) is 19.2 Å². The average Bonchev–Trinajstić information content (AvgIpc) is 3.42. The standard InChI is InChI=1S/C18H21N9O/c1-11-10-28-9-8-27(11)18-21-15(13-5-7-20-25(13)2)17-16(22-18)14(24-26(17)3)12-4-6-19-23-12/h4-7,11H,8-10H2,1-3H3,(H,19,23)/t11-/m1/s1. The van der Waals surface area contributed by atoms with Crippen LogP contribution in [-0.4, -0.2) is 65.5 Å². The Morgan fingerprint density at radius 3 is 2.71 bits per heavy atom. The Bertz CT molecular complexity index is 1130. The van der Waals surface area contributed by atoms with E-state index in [4.69, 9.17) is 19.8 Å². The summed E-state index contributed by atoms with van der Waals surface area (Å²) >= 11 is 0. The fraction of sp³-hybridized carbons (Fsp3) is 0.389. The number of ether oxygens (including phenoxy) is 1. The van der Waals surface area contributed by atoms with Crippen molar-refractivity contribution in [1.29, 1.82) is 0 Å². The lowest BCUT2D eigenvalue weighted by Crippen LogP contribution is -2.44. The third-order valence-electron chi connectivity index (χ3n) is 5.11. The van der Waals surface area contributed by atoms with Crippen LogP contribution in [0.5, 0.6) is 0 Å². The van der Waals surface area contributed by atoms with Gasteiger partial charge in [-0.15, -0.1) is 0 Å². The van der Waals surface area contributed by atoms with Crippen LogP contribution in [0.1, 0.15) is 6.92 Å². The zero-order valence-electron chi connectivity index (χ0n) is 16.0. The maximum atomic E-state index is 5.59. The van der Waals surface area contributed by atoms with Crippen molar-refractivity contribution in [3.8, 4) is 22.8 Å². The van der Waals surface area contributed by atoms with Gasteiger partial charge < -0.3 is 9.64 Å². The molecule has 0 spiro atoms. The molecule has 1 saturated heterocycles. The quantitative estimate of drug-likeness (QED) is 0.574. The molecule has 0 amide bonds. The van der Waals surface area contributed by atoms with Crippen molar-refractivity contribution in [3.63, 3.8) is 0 Å². The number of nitrogens with one attached hydrogen (secondary N) is 1. The molecule has 10 heteroatoms. The summed E-state index contributed by atoms with van der Waals surface area (Å²) in [4.78, 5) is 12.1. The summed E-state index contributed by atoms with van der Waals surface area (Å²) in [6.07, 6.45) is 3.48. The fourth-order valence-electron chi connectivity index (χ4n) is 3.67. The molecule has 1 N–H and O–H groups in total. The van der Waals surface area contributed by atoms with Crippen molar-refractivity contribution >= 4 is 17.0 Å².